The van der Waals surface area contributed by atoms with Crippen molar-refractivity contribution in [3.63, 3.8) is 0 Å². The number of piperidine rings is 1. The van der Waals surface area contributed by atoms with Gasteiger partial charge in [-0.3, -0.25) is 14.3 Å². The molecule has 6 nitrogen and oxygen atoms in total. The van der Waals surface area contributed by atoms with E-state index < -0.39 is 0 Å². The molecule has 1 saturated heterocycles. The summed E-state index contributed by atoms with van der Waals surface area (Å²) < 4.78 is 2.09. The van der Waals surface area contributed by atoms with Gasteiger partial charge in [0.05, 0.1) is 12.3 Å². The minimum atomic E-state index is -0.190. The monoisotopic (exact) mass is 401 g/mol. The van der Waals surface area contributed by atoms with Crippen LogP contribution in [0.15, 0.2) is 35.5 Å². The van der Waals surface area contributed by atoms with Crippen molar-refractivity contribution in [3.05, 3.63) is 36.2 Å². The number of nitrogens with one attached hydrogen (secondary N) is 1. The van der Waals surface area contributed by atoms with E-state index in [4.69, 9.17) is 0 Å². The fourth-order valence-corrected chi connectivity index (χ4v) is 4.05. The number of likely N-dealkylation sites (tertiary alicyclic amines) is 1. The first-order chi connectivity index (χ1) is 13.5. The van der Waals surface area contributed by atoms with Gasteiger partial charge in [0, 0.05) is 11.2 Å². The highest BCUT2D eigenvalue weighted by Gasteiger charge is 2.21. The maximum Gasteiger partial charge on any atom is 0.230 e. The smallest absolute Gasteiger partial charge is 0.230 e. The van der Waals surface area contributed by atoms with E-state index >= 15 is 0 Å². The lowest BCUT2D eigenvalue weighted by Gasteiger charge is -2.26. The van der Waals surface area contributed by atoms with Crippen LogP contribution in [0.3, 0.4) is 0 Å². The Labute approximate surface area is 172 Å². The molecular formula is C21H31N5OS. The van der Waals surface area contributed by atoms with Gasteiger partial charge in [0.1, 0.15) is 0 Å². The van der Waals surface area contributed by atoms with Crippen molar-refractivity contribution < 1.29 is 4.79 Å². The Hall–Kier alpha value is -1.86. The molecule has 0 radical (unpaired) electrons. The number of benzene rings is 1. The number of para-hydroxylation sites is 1. The summed E-state index contributed by atoms with van der Waals surface area (Å²) in [7, 11) is 0. The normalized spacial score (nSPS) is 15.5. The van der Waals surface area contributed by atoms with Gasteiger partial charge in [-0.25, -0.2) is 0 Å². The predicted molar refractivity (Wildman–Crippen MR) is 114 cm³/mol. The number of thioether (sulfide) groups is 1. The first kappa shape index (κ1) is 20.9. The lowest BCUT2D eigenvalue weighted by atomic mass is 10.0. The molecule has 3 rings (SSSR count). The van der Waals surface area contributed by atoms with Crippen molar-refractivity contribution in [2.45, 2.75) is 63.7 Å². The molecule has 2 aromatic rings. The zero-order valence-electron chi connectivity index (χ0n) is 17.1. The van der Waals surface area contributed by atoms with Gasteiger partial charge in [0.2, 0.25) is 5.91 Å². The van der Waals surface area contributed by atoms with Crippen molar-refractivity contribution in [1.29, 1.82) is 0 Å². The van der Waals surface area contributed by atoms with Gasteiger partial charge in [0.15, 0.2) is 11.0 Å². The highest BCUT2D eigenvalue weighted by molar-refractivity contribution is 7.99. The second-order valence-corrected chi connectivity index (χ2v) is 8.92. The summed E-state index contributed by atoms with van der Waals surface area (Å²) in [6.45, 7) is 9.17. The Balaban J connectivity index is 1.76. The molecule has 1 aromatic carbocycles. The summed E-state index contributed by atoms with van der Waals surface area (Å²) in [5.41, 5.74) is 0.848. The van der Waals surface area contributed by atoms with Crippen LogP contribution < -0.4 is 5.32 Å². The van der Waals surface area contributed by atoms with Crippen molar-refractivity contribution in [2.75, 3.05) is 18.8 Å². The number of carbonyl (C=O) groups excluding carboxylic acids is 1. The molecular weight excluding hydrogens is 370 g/mol. The van der Waals surface area contributed by atoms with Crippen molar-refractivity contribution in [1.82, 2.24) is 25.0 Å². The molecule has 1 aromatic heterocycles. The van der Waals surface area contributed by atoms with Gasteiger partial charge in [-0.15, -0.1) is 10.2 Å². The van der Waals surface area contributed by atoms with E-state index in [0.717, 1.165) is 42.7 Å². The molecule has 7 heteroatoms. The molecule has 1 fully saturated rings. The molecule has 28 heavy (non-hydrogen) atoms. The van der Waals surface area contributed by atoms with E-state index in [1.807, 2.05) is 32.0 Å². The number of hydrogen-bond acceptors (Lipinski definition) is 5. The van der Waals surface area contributed by atoms with Crippen LogP contribution in [-0.4, -0.2) is 50.0 Å². The molecule has 1 aliphatic heterocycles. The van der Waals surface area contributed by atoms with Gasteiger partial charge >= 0.3 is 0 Å². The van der Waals surface area contributed by atoms with Crippen molar-refractivity contribution in [3.8, 4) is 5.69 Å². The maximum atomic E-state index is 12.4. The van der Waals surface area contributed by atoms with Crippen LogP contribution in [0, 0.1) is 0 Å². The van der Waals surface area contributed by atoms with Gasteiger partial charge in [-0.05, 0) is 58.3 Å². The quantitative estimate of drug-likeness (QED) is 0.684. The Bertz CT molecular complexity index is 768. The summed E-state index contributed by atoms with van der Waals surface area (Å²) in [5.74, 6) is 1.29. The van der Waals surface area contributed by atoms with Crippen molar-refractivity contribution >= 4 is 17.7 Å². The van der Waals surface area contributed by atoms with E-state index in [-0.39, 0.29) is 11.4 Å². The Morgan fingerprint density at radius 1 is 1.14 bits per heavy atom. The first-order valence-corrected chi connectivity index (χ1v) is 11.1. The second kappa shape index (κ2) is 9.56. The van der Waals surface area contributed by atoms with E-state index in [1.165, 1.54) is 31.0 Å². The standard InChI is InChI=1S/C21H31N5OS/c1-4-21(2,3)22-19(27)16-28-20-24-23-18(15-25-13-9-6-10-14-25)26(20)17-11-7-5-8-12-17/h5,7-8,11-12H,4,6,9-10,13-16H2,1-3H3,(H,22,27). The molecule has 1 aliphatic rings. The van der Waals surface area contributed by atoms with Crippen LogP contribution in [-0.2, 0) is 11.3 Å². The fraction of sp³-hybridized carbons (Fsp3) is 0.571. The lowest BCUT2D eigenvalue weighted by Crippen LogP contribution is -2.43. The van der Waals surface area contributed by atoms with Crippen molar-refractivity contribution in [2.24, 2.45) is 0 Å². The minimum absolute atomic E-state index is 0.0250. The molecule has 2 heterocycles. The molecule has 152 valence electrons. The zero-order valence-corrected chi connectivity index (χ0v) is 18.0. The lowest BCUT2D eigenvalue weighted by molar-refractivity contribution is -0.120. The molecule has 1 amide bonds. The highest BCUT2D eigenvalue weighted by atomic mass is 32.2. The van der Waals surface area contributed by atoms with Gasteiger partial charge < -0.3 is 5.32 Å². The van der Waals surface area contributed by atoms with Crippen LogP contribution in [0.4, 0.5) is 0 Å². The van der Waals surface area contributed by atoms with E-state index in [2.05, 4.69) is 44.0 Å². The maximum absolute atomic E-state index is 12.4. The SMILES string of the molecule is CCC(C)(C)NC(=O)CSc1nnc(CN2CCCCC2)n1-c1ccccc1. The third-order valence-electron chi connectivity index (χ3n) is 5.22. The number of carbonyl (C=O) groups is 1. The summed E-state index contributed by atoms with van der Waals surface area (Å²) >= 11 is 1.44. The largest absolute Gasteiger partial charge is 0.351 e. The van der Waals surface area contributed by atoms with Crippen LogP contribution in [0.2, 0.25) is 0 Å². The Morgan fingerprint density at radius 3 is 2.54 bits per heavy atom. The predicted octanol–water partition coefficient (Wildman–Crippen LogP) is 3.65. The summed E-state index contributed by atoms with van der Waals surface area (Å²) in [6.07, 6.45) is 4.69. The minimum Gasteiger partial charge on any atom is -0.351 e. The molecule has 0 saturated carbocycles. The molecule has 0 aliphatic carbocycles. The fourth-order valence-electron chi connectivity index (χ4n) is 3.28. The number of amides is 1. The van der Waals surface area contributed by atoms with Crippen LogP contribution in [0.1, 0.15) is 52.3 Å². The van der Waals surface area contributed by atoms with E-state index in [0.29, 0.717) is 5.75 Å². The van der Waals surface area contributed by atoms with E-state index in [9.17, 15) is 4.79 Å². The topological polar surface area (TPSA) is 63.1 Å². The first-order valence-electron chi connectivity index (χ1n) is 10.1. The summed E-state index contributed by atoms with van der Waals surface area (Å²) in [5, 5.41) is 12.7. The Kier molecular flexibility index (Phi) is 7.13. The summed E-state index contributed by atoms with van der Waals surface area (Å²) in [4.78, 5) is 14.8. The van der Waals surface area contributed by atoms with Gasteiger partial charge in [-0.1, -0.05) is 43.3 Å². The molecule has 1 N–H and O–H groups in total. The average molecular weight is 402 g/mol. The molecule has 0 unspecified atom stereocenters. The van der Waals surface area contributed by atoms with Crippen LogP contribution in [0.25, 0.3) is 5.69 Å². The number of nitrogens with zero attached hydrogens (tertiary/aromatic N) is 4. The third-order valence-corrected chi connectivity index (χ3v) is 6.15. The molecule has 0 bridgehead atoms. The van der Waals surface area contributed by atoms with Crippen LogP contribution >= 0.6 is 11.8 Å². The zero-order chi connectivity index (χ0) is 20.0. The third kappa shape index (κ3) is 5.58. The highest BCUT2D eigenvalue weighted by Crippen LogP contribution is 2.24. The van der Waals surface area contributed by atoms with Gasteiger partial charge in [0.25, 0.3) is 0 Å². The van der Waals surface area contributed by atoms with Gasteiger partial charge in [-0.2, -0.15) is 0 Å². The van der Waals surface area contributed by atoms with Crippen LogP contribution in [0.5, 0.6) is 0 Å². The number of rotatable bonds is 8. The summed E-state index contributed by atoms with van der Waals surface area (Å²) in [6, 6.07) is 10.2. The second-order valence-electron chi connectivity index (χ2n) is 7.98. The molecule has 0 spiro atoms. The Morgan fingerprint density at radius 2 is 1.86 bits per heavy atom. The molecule has 0 atom stereocenters. The number of hydrogen-bond donors (Lipinski definition) is 1. The number of aromatic nitrogens is 3. The average Bonchev–Trinajstić information content (AvgIpc) is 3.10. The van der Waals surface area contributed by atoms with E-state index in [1.54, 1.807) is 0 Å².